The molecule has 0 aliphatic carbocycles. The van der Waals surface area contributed by atoms with Crippen molar-refractivity contribution in [1.29, 1.82) is 0 Å². The molecule has 0 bridgehead atoms. The predicted molar refractivity (Wildman–Crippen MR) is 210 cm³/mol. The normalized spacial score (nSPS) is 11.7. The van der Waals surface area contributed by atoms with E-state index in [9.17, 15) is 0 Å². The molecule has 0 aliphatic heterocycles. The van der Waals surface area contributed by atoms with Crippen molar-refractivity contribution in [3.8, 4) is 22.3 Å². The molecular weight excluding hydrogens is 615 g/mol. The Morgan fingerprint density at radius 2 is 1.14 bits per heavy atom. The monoisotopic (exact) mass is 643 g/mol. The van der Waals surface area contributed by atoms with Crippen LogP contribution in [0.2, 0.25) is 0 Å². The van der Waals surface area contributed by atoms with Gasteiger partial charge in [0, 0.05) is 37.5 Å². The molecule has 0 saturated carbocycles. The molecule has 8 aromatic carbocycles. The molecule has 49 heavy (non-hydrogen) atoms. The van der Waals surface area contributed by atoms with Gasteiger partial charge in [-0.2, -0.15) is 0 Å². The Balaban J connectivity index is 1.30. The lowest BCUT2D eigenvalue weighted by Gasteiger charge is -2.29. The van der Waals surface area contributed by atoms with Gasteiger partial charge in [-0.05, 0) is 69.9 Å². The zero-order valence-corrected chi connectivity index (χ0v) is 27.3. The number of rotatable bonds is 5. The second kappa shape index (κ2) is 11.2. The third-order valence-corrected chi connectivity index (χ3v) is 10.9. The van der Waals surface area contributed by atoms with Crippen molar-refractivity contribution in [3.05, 3.63) is 176 Å². The molecule has 2 nitrogen and oxygen atoms in total. The van der Waals surface area contributed by atoms with Crippen molar-refractivity contribution < 1.29 is 4.42 Å². The van der Waals surface area contributed by atoms with Gasteiger partial charge in [0.15, 0.2) is 5.58 Å². The van der Waals surface area contributed by atoms with Crippen LogP contribution in [0.3, 0.4) is 0 Å². The lowest BCUT2D eigenvalue weighted by atomic mass is 9.98. The maximum Gasteiger partial charge on any atom is 0.160 e. The largest absolute Gasteiger partial charge is 0.454 e. The van der Waals surface area contributed by atoms with Crippen molar-refractivity contribution in [2.45, 2.75) is 0 Å². The molecule has 2 heterocycles. The topological polar surface area (TPSA) is 16.4 Å². The zero-order valence-electron chi connectivity index (χ0n) is 26.5. The predicted octanol–water partition coefficient (Wildman–Crippen LogP) is 13.9. The van der Waals surface area contributed by atoms with Crippen molar-refractivity contribution in [2.24, 2.45) is 0 Å². The molecule has 0 saturated heterocycles. The average Bonchev–Trinajstić information content (AvgIpc) is 3.75. The number of para-hydroxylation sites is 1. The minimum Gasteiger partial charge on any atom is -0.454 e. The molecule has 2 aromatic heterocycles. The smallest absolute Gasteiger partial charge is 0.160 e. The first-order valence-electron chi connectivity index (χ1n) is 16.6. The third kappa shape index (κ3) is 4.55. The van der Waals surface area contributed by atoms with E-state index in [1.54, 1.807) is 0 Å². The highest BCUT2D eigenvalue weighted by atomic mass is 32.1. The van der Waals surface area contributed by atoms with E-state index in [4.69, 9.17) is 4.42 Å². The maximum atomic E-state index is 6.85. The van der Waals surface area contributed by atoms with E-state index >= 15 is 0 Å². The van der Waals surface area contributed by atoms with Crippen molar-refractivity contribution in [1.82, 2.24) is 0 Å². The Morgan fingerprint density at radius 1 is 0.449 bits per heavy atom. The highest BCUT2D eigenvalue weighted by molar-refractivity contribution is 7.26. The number of nitrogens with zero attached hydrogens (tertiary/aromatic N) is 1. The molecule has 0 radical (unpaired) electrons. The molecule has 10 aromatic rings. The fourth-order valence-corrected chi connectivity index (χ4v) is 8.53. The Kier molecular flexibility index (Phi) is 6.39. The summed E-state index contributed by atoms with van der Waals surface area (Å²) >= 11 is 1.85. The molecule has 0 N–H and O–H groups in total. The lowest BCUT2D eigenvalue weighted by molar-refractivity contribution is 0.669. The number of anilines is 3. The van der Waals surface area contributed by atoms with Gasteiger partial charge in [0.05, 0.1) is 16.1 Å². The SMILES string of the molecule is c1ccc(-c2ccc3cc(N(c4c(-c5ccccc5)ccc5c4oc4ccccc45)c4cccc5c4sc4ccccc45)ccc3c2)cc1. The van der Waals surface area contributed by atoms with Crippen molar-refractivity contribution in [3.63, 3.8) is 0 Å². The van der Waals surface area contributed by atoms with Crippen LogP contribution in [-0.4, -0.2) is 0 Å². The summed E-state index contributed by atoms with van der Waals surface area (Å²) in [7, 11) is 0. The van der Waals surface area contributed by atoms with Crippen LogP contribution < -0.4 is 4.90 Å². The van der Waals surface area contributed by atoms with Gasteiger partial charge in [-0.3, -0.25) is 0 Å². The molecule has 0 spiro atoms. The minimum atomic E-state index is 0.875. The van der Waals surface area contributed by atoms with Crippen LogP contribution in [0, 0.1) is 0 Å². The summed E-state index contributed by atoms with van der Waals surface area (Å²) in [6.45, 7) is 0. The van der Waals surface area contributed by atoms with Gasteiger partial charge in [-0.25, -0.2) is 0 Å². The summed E-state index contributed by atoms with van der Waals surface area (Å²) < 4.78 is 9.38. The van der Waals surface area contributed by atoms with E-state index in [2.05, 4.69) is 175 Å². The first-order valence-corrected chi connectivity index (χ1v) is 17.4. The number of hydrogen-bond acceptors (Lipinski definition) is 3. The van der Waals surface area contributed by atoms with E-state index in [1.165, 1.54) is 42.1 Å². The van der Waals surface area contributed by atoms with Crippen LogP contribution in [0.25, 0.3) is 75.1 Å². The van der Waals surface area contributed by atoms with Crippen LogP contribution in [-0.2, 0) is 0 Å². The van der Waals surface area contributed by atoms with Crippen LogP contribution >= 0.6 is 11.3 Å². The van der Waals surface area contributed by atoms with Crippen LogP contribution in [0.15, 0.2) is 180 Å². The second-order valence-corrected chi connectivity index (χ2v) is 13.6. The molecule has 10 rings (SSSR count). The Morgan fingerprint density at radius 3 is 2.00 bits per heavy atom. The fraction of sp³-hybridized carbons (Fsp3) is 0. The van der Waals surface area contributed by atoms with Gasteiger partial charge >= 0.3 is 0 Å². The standard InChI is InChI=1S/C46H29NOS/c1-3-12-30(13-4-1)32-22-23-34-29-35(25-24-33(34)28-32)47(41-19-11-18-40-38-17-8-10-21-43(38)49-46(40)41)44-36(31-14-5-2-6-15-31)26-27-39-37-16-7-9-20-42(37)48-45(39)44/h1-29H. The number of hydrogen-bond donors (Lipinski definition) is 0. The van der Waals surface area contributed by atoms with Crippen LogP contribution in [0.4, 0.5) is 17.1 Å². The van der Waals surface area contributed by atoms with E-state index in [0.717, 1.165) is 50.1 Å². The summed E-state index contributed by atoms with van der Waals surface area (Å²) in [4.78, 5) is 2.44. The summed E-state index contributed by atoms with van der Waals surface area (Å²) in [5.41, 5.74) is 9.69. The number of benzene rings is 8. The molecular formula is C46H29NOS. The number of fused-ring (bicyclic) bond motifs is 7. The highest BCUT2D eigenvalue weighted by Gasteiger charge is 2.26. The van der Waals surface area contributed by atoms with Gasteiger partial charge in [-0.1, -0.05) is 133 Å². The van der Waals surface area contributed by atoms with Gasteiger partial charge in [-0.15, -0.1) is 11.3 Å². The van der Waals surface area contributed by atoms with Crippen molar-refractivity contribution >= 4 is 81.3 Å². The highest BCUT2D eigenvalue weighted by Crippen LogP contribution is 2.51. The van der Waals surface area contributed by atoms with Gasteiger partial charge in [0.25, 0.3) is 0 Å². The first-order chi connectivity index (χ1) is 24.3. The molecule has 230 valence electrons. The fourth-order valence-electron chi connectivity index (χ4n) is 7.33. The zero-order chi connectivity index (χ0) is 32.3. The van der Waals surface area contributed by atoms with Gasteiger partial charge in [0.2, 0.25) is 0 Å². The summed E-state index contributed by atoms with van der Waals surface area (Å²) in [6, 6.07) is 63.2. The Labute approximate surface area is 287 Å². The third-order valence-electron chi connectivity index (χ3n) is 9.64. The van der Waals surface area contributed by atoms with E-state index < -0.39 is 0 Å². The average molecular weight is 644 g/mol. The van der Waals surface area contributed by atoms with Gasteiger partial charge in [0.1, 0.15) is 5.58 Å². The quantitative estimate of drug-likeness (QED) is 0.186. The minimum absolute atomic E-state index is 0.875. The summed E-state index contributed by atoms with van der Waals surface area (Å²) in [5, 5.41) is 7.15. The molecule has 3 heteroatoms. The molecule has 0 fully saturated rings. The van der Waals surface area contributed by atoms with E-state index in [1.807, 2.05) is 17.4 Å². The van der Waals surface area contributed by atoms with Crippen LogP contribution in [0.5, 0.6) is 0 Å². The van der Waals surface area contributed by atoms with E-state index in [-0.39, 0.29) is 0 Å². The van der Waals surface area contributed by atoms with Gasteiger partial charge < -0.3 is 9.32 Å². The van der Waals surface area contributed by atoms with Crippen LogP contribution in [0.1, 0.15) is 0 Å². The summed E-state index contributed by atoms with van der Waals surface area (Å²) in [5.74, 6) is 0. The summed E-state index contributed by atoms with van der Waals surface area (Å²) in [6.07, 6.45) is 0. The molecule has 0 amide bonds. The molecule has 0 aliphatic rings. The maximum absolute atomic E-state index is 6.85. The Hall–Kier alpha value is -6.16. The van der Waals surface area contributed by atoms with E-state index in [0.29, 0.717) is 0 Å². The molecule has 0 atom stereocenters. The number of thiophene rings is 1. The lowest BCUT2D eigenvalue weighted by Crippen LogP contribution is -2.12. The Bertz CT molecular complexity index is 2830. The molecule has 0 unspecified atom stereocenters. The number of furan rings is 1. The van der Waals surface area contributed by atoms with Crippen molar-refractivity contribution in [2.75, 3.05) is 4.90 Å². The second-order valence-electron chi connectivity index (χ2n) is 12.5. The first kappa shape index (κ1) is 27.9.